The molecular weight excluding hydrogens is 406 g/mol. The molecule has 1 rings (SSSR count). The van der Waals surface area contributed by atoms with Crippen LogP contribution < -0.4 is 10.6 Å². The largest absolute Gasteiger partial charge is 0.444 e. The average Bonchev–Trinajstić information content (AvgIpc) is 2.70. The lowest BCUT2D eigenvalue weighted by Crippen LogP contribution is -2.51. The Morgan fingerprint density at radius 2 is 1.69 bits per heavy atom. The quantitative estimate of drug-likeness (QED) is 0.447. The maximum atomic E-state index is 13.2. The minimum atomic E-state index is -1.03. The van der Waals surface area contributed by atoms with Crippen molar-refractivity contribution in [3.63, 3.8) is 0 Å². The average molecular weight is 444 g/mol. The van der Waals surface area contributed by atoms with Crippen LogP contribution in [-0.2, 0) is 20.7 Å². The number of ether oxygens (including phenoxy) is 1. The monoisotopic (exact) mass is 443 g/mol. The van der Waals surface area contributed by atoms with Crippen LogP contribution in [0.25, 0.3) is 0 Å². The zero-order valence-electron chi connectivity index (χ0n) is 20.3. The highest BCUT2D eigenvalue weighted by atomic mass is 16.6. The van der Waals surface area contributed by atoms with Gasteiger partial charge in [0.25, 0.3) is 5.91 Å². The third-order valence-corrected chi connectivity index (χ3v) is 4.80. The van der Waals surface area contributed by atoms with E-state index in [1.807, 2.05) is 32.9 Å². The lowest BCUT2D eigenvalue weighted by molar-refractivity contribution is -0.138. The molecule has 1 aromatic rings. The topological polar surface area (TPSA) is 87.7 Å². The number of amides is 3. The van der Waals surface area contributed by atoms with Crippen molar-refractivity contribution < 1.29 is 19.1 Å². The van der Waals surface area contributed by atoms with Crippen molar-refractivity contribution in [2.45, 2.75) is 91.5 Å². The van der Waals surface area contributed by atoms with Crippen LogP contribution in [0.5, 0.6) is 0 Å². The van der Waals surface area contributed by atoms with Gasteiger partial charge >= 0.3 is 6.09 Å². The van der Waals surface area contributed by atoms with Crippen molar-refractivity contribution in [1.29, 1.82) is 0 Å². The highest BCUT2D eigenvalue weighted by molar-refractivity contribution is 5.93. The van der Waals surface area contributed by atoms with Crippen molar-refractivity contribution in [2.24, 2.45) is 0 Å². The molecule has 3 atom stereocenters. The molecule has 0 saturated heterocycles. The van der Waals surface area contributed by atoms with Crippen LogP contribution in [0.1, 0.15) is 78.5 Å². The molecule has 7 nitrogen and oxygen atoms in total. The Morgan fingerprint density at radius 1 is 1.09 bits per heavy atom. The van der Waals surface area contributed by atoms with Crippen LogP contribution >= 0.6 is 0 Å². The zero-order valence-corrected chi connectivity index (χ0v) is 20.3. The summed E-state index contributed by atoms with van der Waals surface area (Å²) < 4.78 is 5.22. The van der Waals surface area contributed by atoms with Gasteiger partial charge in [0.05, 0.1) is 0 Å². The molecule has 32 heavy (non-hydrogen) atoms. The summed E-state index contributed by atoms with van der Waals surface area (Å²) in [5.74, 6) is -0.952. The SMILES string of the molecule is C#CN(C(=O)C(C)NC(=O)OC(C)(C)C)C(C(=O)NC(C)CCC)c1ccc(CC)cc1. The van der Waals surface area contributed by atoms with Gasteiger partial charge in [-0.05, 0) is 58.6 Å². The molecule has 7 heteroatoms. The van der Waals surface area contributed by atoms with E-state index in [2.05, 4.69) is 16.7 Å². The summed E-state index contributed by atoms with van der Waals surface area (Å²) in [5.41, 5.74) is 0.988. The second kappa shape index (κ2) is 12.1. The third kappa shape index (κ3) is 8.26. The summed E-state index contributed by atoms with van der Waals surface area (Å²) in [5, 5.41) is 5.44. The number of carbonyl (C=O) groups is 3. The van der Waals surface area contributed by atoms with Crippen LogP contribution in [0.4, 0.5) is 4.79 Å². The molecule has 0 bridgehead atoms. The number of rotatable bonds is 9. The van der Waals surface area contributed by atoms with Gasteiger partial charge in [-0.1, -0.05) is 51.0 Å². The first-order valence-corrected chi connectivity index (χ1v) is 11.1. The molecule has 0 fully saturated rings. The molecule has 3 amide bonds. The van der Waals surface area contributed by atoms with Gasteiger partial charge in [-0.2, -0.15) is 0 Å². The molecule has 0 aliphatic rings. The Balaban J connectivity index is 3.20. The highest BCUT2D eigenvalue weighted by Gasteiger charge is 2.34. The summed E-state index contributed by atoms with van der Waals surface area (Å²) in [4.78, 5) is 39.5. The van der Waals surface area contributed by atoms with Crippen molar-refractivity contribution in [3.8, 4) is 12.5 Å². The summed E-state index contributed by atoms with van der Waals surface area (Å²) in [6.07, 6.45) is 7.52. The van der Waals surface area contributed by atoms with Crippen LogP contribution in [-0.4, -0.2) is 40.5 Å². The minimum absolute atomic E-state index is 0.0723. The Kier molecular flexibility index (Phi) is 10.2. The van der Waals surface area contributed by atoms with E-state index in [0.717, 1.165) is 29.7 Å². The Hall–Kier alpha value is -3.01. The number of nitrogens with zero attached hydrogens (tertiary/aromatic N) is 1. The maximum absolute atomic E-state index is 13.2. The first-order chi connectivity index (χ1) is 14.9. The van der Waals surface area contributed by atoms with Crippen molar-refractivity contribution in [1.82, 2.24) is 15.5 Å². The fourth-order valence-corrected chi connectivity index (χ4v) is 3.20. The van der Waals surface area contributed by atoms with Crippen molar-refractivity contribution >= 4 is 17.9 Å². The van der Waals surface area contributed by atoms with E-state index in [0.29, 0.717) is 5.56 Å². The molecule has 0 aliphatic carbocycles. The molecule has 0 saturated carbocycles. The zero-order chi connectivity index (χ0) is 24.5. The van der Waals surface area contributed by atoms with Crippen LogP contribution in [0.3, 0.4) is 0 Å². The number of carbonyl (C=O) groups excluding carboxylic acids is 3. The molecule has 0 spiro atoms. The van der Waals surface area contributed by atoms with Gasteiger partial charge in [0.1, 0.15) is 17.7 Å². The van der Waals surface area contributed by atoms with Crippen molar-refractivity contribution in [2.75, 3.05) is 0 Å². The fraction of sp³-hybridized carbons (Fsp3) is 0.560. The number of aryl methyl sites for hydroxylation is 1. The minimum Gasteiger partial charge on any atom is -0.444 e. The molecule has 0 aliphatic heterocycles. The van der Waals surface area contributed by atoms with Gasteiger partial charge in [-0.25, -0.2) is 4.79 Å². The van der Waals surface area contributed by atoms with Gasteiger partial charge in [-0.3, -0.25) is 14.5 Å². The van der Waals surface area contributed by atoms with Gasteiger partial charge in [0.2, 0.25) is 5.91 Å². The van der Waals surface area contributed by atoms with E-state index in [9.17, 15) is 14.4 Å². The fourth-order valence-electron chi connectivity index (χ4n) is 3.20. The molecule has 3 unspecified atom stereocenters. The molecule has 0 radical (unpaired) electrons. The van der Waals surface area contributed by atoms with Crippen LogP contribution in [0.15, 0.2) is 24.3 Å². The Labute approximate surface area is 192 Å². The highest BCUT2D eigenvalue weighted by Crippen LogP contribution is 2.23. The van der Waals surface area contributed by atoms with E-state index in [4.69, 9.17) is 11.2 Å². The number of terminal acetylenes is 1. The summed E-state index contributed by atoms with van der Waals surface area (Å²) in [6.45, 7) is 12.7. The van der Waals surface area contributed by atoms with E-state index < -0.39 is 29.7 Å². The number of hydrogen-bond donors (Lipinski definition) is 2. The molecule has 176 valence electrons. The predicted octanol–water partition coefficient (Wildman–Crippen LogP) is 3.93. The smallest absolute Gasteiger partial charge is 0.408 e. The summed E-state index contributed by atoms with van der Waals surface area (Å²) in [6, 6.07) is 7.69. The molecule has 2 N–H and O–H groups in total. The molecule has 1 aromatic carbocycles. The Morgan fingerprint density at radius 3 is 2.16 bits per heavy atom. The first-order valence-electron chi connectivity index (χ1n) is 11.1. The summed E-state index contributed by atoms with van der Waals surface area (Å²) in [7, 11) is 0. The van der Waals surface area contributed by atoms with Crippen molar-refractivity contribution in [3.05, 3.63) is 35.4 Å². The van der Waals surface area contributed by atoms with Crippen LogP contribution in [0.2, 0.25) is 0 Å². The summed E-state index contributed by atoms with van der Waals surface area (Å²) >= 11 is 0. The second-order valence-electron chi connectivity index (χ2n) is 8.90. The lowest BCUT2D eigenvalue weighted by Gasteiger charge is -2.30. The Bertz CT molecular complexity index is 821. The van der Waals surface area contributed by atoms with E-state index in [-0.39, 0.29) is 11.9 Å². The first kappa shape index (κ1) is 27.0. The van der Waals surface area contributed by atoms with Gasteiger partial charge in [0.15, 0.2) is 0 Å². The number of nitrogens with one attached hydrogen (secondary N) is 2. The molecular formula is C25H37N3O4. The number of benzene rings is 1. The number of alkyl carbamates (subject to hydrolysis) is 1. The van der Waals surface area contributed by atoms with Crippen LogP contribution in [0, 0.1) is 12.5 Å². The van der Waals surface area contributed by atoms with Gasteiger partial charge in [0, 0.05) is 12.1 Å². The molecule has 0 aromatic heterocycles. The number of hydrogen-bond acceptors (Lipinski definition) is 4. The van der Waals surface area contributed by atoms with E-state index in [1.165, 1.54) is 6.92 Å². The standard InChI is InChI=1S/C25H37N3O4/c1-9-12-17(4)26-22(29)21(20-15-13-19(10-2)14-16-20)28(11-3)23(30)18(5)27-24(31)32-25(6,7)8/h3,13-18,21H,9-10,12H2,1-2,4-8H3,(H,26,29)(H,27,31). The van der Waals surface area contributed by atoms with E-state index in [1.54, 1.807) is 32.9 Å². The third-order valence-electron chi connectivity index (χ3n) is 4.80. The van der Waals surface area contributed by atoms with Gasteiger partial charge < -0.3 is 15.4 Å². The van der Waals surface area contributed by atoms with Gasteiger partial charge in [-0.15, -0.1) is 0 Å². The predicted molar refractivity (Wildman–Crippen MR) is 126 cm³/mol. The van der Waals surface area contributed by atoms with E-state index >= 15 is 0 Å². The lowest BCUT2D eigenvalue weighted by atomic mass is 10.0. The molecule has 0 heterocycles. The normalized spacial score (nSPS) is 13.8. The maximum Gasteiger partial charge on any atom is 0.408 e. The second-order valence-corrected chi connectivity index (χ2v) is 8.90.